The molecule has 1 unspecified atom stereocenters. The number of piperidine rings is 1. The van der Waals surface area contributed by atoms with E-state index in [0.29, 0.717) is 12.0 Å². The van der Waals surface area contributed by atoms with Crippen molar-refractivity contribution in [2.45, 2.75) is 45.3 Å². The summed E-state index contributed by atoms with van der Waals surface area (Å²) in [6.07, 6.45) is 6.25. The molecule has 0 bridgehead atoms. The van der Waals surface area contributed by atoms with Crippen molar-refractivity contribution in [2.75, 3.05) is 6.54 Å². The van der Waals surface area contributed by atoms with Gasteiger partial charge in [0.1, 0.15) is 12.1 Å². The molecule has 2 aliphatic heterocycles. The van der Waals surface area contributed by atoms with Crippen molar-refractivity contribution in [1.82, 2.24) is 10.2 Å². The number of hydrogen-bond donors (Lipinski definition) is 1. The van der Waals surface area contributed by atoms with Gasteiger partial charge in [-0.2, -0.15) is 0 Å². The third-order valence-corrected chi connectivity index (χ3v) is 4.13. The second-order valence-electron chi connectivity index (χ2n) is 5.62. The van der Waals surface area contributed by atoms with Crippen molar-refractivity contribution < 1.29 is 19.1 Å². The molecule has 0 aliphatic carbocycles. The summed E-state index contributed by atoms with van der Waals surface area (Å²) >= 11 is 0. The van der Waals surface area contributed by atoms with Crippen molar-refractivity contribution >= 4 is 17.9 Å². The molecule has 0 aromatic rings. The summed E-state index contributed by atoms with van der Waals surface area (Å²) in [5.74, 6) is -0.747. The molecule has 0 aromatic heterocycles. The molecule has 124 valence electrons. The summed E-state index contributed by atoms with van der Waals surface area (Å²) in [5.41, 5.74) is 1.85. The molecule has 2 rings (SSSR count). The first-order valence-corrected chi connectivity index (χ1v) is 7.79. The molecule has 6 heteroatoms. The highest BCUT2D eigenvalue weighted by Gasteiger charge is 2.41. The molecule has 23 heavy (non-hydrogen) atoms. The second-order valence-corrected chi connectivity index (χ2v) is 5.62. The fourth-order valence-corrected chi connectivity index (χ4v) is 2.65. The first-order valence-electron chi connectivity index (χ1n) is 7.79. The number of cyclic esters (lactones) is 1. The van der Waals surface area contributed by atoms with Crippen molar-refractivity contribution in [3.63, 3.8) is 0 Å². The van der Waals surface area contributed by atoms with E-state index in [9.17, 15) is 14.4 Å². The maximum Gasteiger partial charge on any atom is 0.411 e. The summed E-state index contributed by atoms with van der Waals surface area (Å²) in [6, 6.07) is -0.649. The van der Waals surface area contributed by atoms with Crippen LogP contribution < -0.4 is 5.32 Å². The maximum atomic E-state index is 12.0. The monoisotopic (exact) mass is 318 g/mol. The van der Waals surface area contributed by atoms with Gasteiger partial charge in [0.2, 0.25) is 11.8 Å². The molecular formula is C17H22N2O4. The Morgan fingerprint density at radius 2 is 2.13 bits per heavy atom. The zero-order valence-electron chi connectivity index (χ0n) is 13.5. The molecule has 0 aromatic carbocycles. The highest BCUT2D eigenvalue weighted by atomic mass is 16.6. The maximum absolute atomic E-state index is 12.0. The summed E-state index contributed by atoms with van der Waals surface area (Å²) in [6.45, 7) is 8.24. The van der Waals surface area contributed by atoms with E-state index >= 15 is 0 Å². The molecule has 0 radical (unpaired) electrons. The number of carbonyl (C=O) groups excluding carboxylic acids is 3. The Bertz CT molecular complexity index is 591. The second kappa shape index (κ2) is 7.26. The zero-order chi connectivity index (χ0) is 17.0. The summed E-state index contributed by atoms with van der Waals surface area (Å²) < 4.78 is 5.32. The Hall–Kier alpha value is -2.37. The molecule has 2 heterocycles. The Morgan fingerprint density at radius 1 is 1.39 bits per heavy atom. The van der Waals surface area contributed by atoms with E-state index in [1.807, 2.05) is 25.2 Å². The Kier molecular flexibility index (Phi) is 5.36. The first-order chi connectivity index (χ1) is 11.0. The van der Waals surface area contributed by atoms with Crippen LogP contribution in [0.15, 0.2) is 36.0 Å². The largest absolute Gasteiger partial charge is 0.439 e. The van der Waals surface area contributed by atoms with Gasteiger partial charge >= 0.3 is 6.09 Å². The Labute approximate surface area is 135 Å². The molecule has 0 saturated carbocycles. The molecule has 3 amide bonds. The van der Waals surface area contributed by atoms with Crippen molar-refractivity contribution in [3.8, 4) is 0 Å². The minimum atomic E-state index is -0.649. The highest BCUT2D eigenvalue weighted by molar-refractivity contribution is 6.01. The average Bonchev–Trinajstić information content (AvgIpc) is 2.90. The quantitative estimate of drug-likeness (QED) is 0.622. The summed E-state index contributed by atoms with van der Waals surface area (Å²) in [4.78, 5) is 36.5. The van der Waals surface area contributed by atoms with Gasteiger partial charge in [-0.05, 0) is 25.3 Å². The third-order valence-electron chi connectivity index (χ3n) is 4.13. The number of carbonyl (C=O) groups is 3. The van der Waals surface area contributed by atoms with Gasteiger partial charge in [0, 0.05) is 6.42 Å². The number of hydrogen-bond acceptors (Lipinski definition) is 4. The van der Waals surface area contributed by atoms with Gasteiger partial charge in [0.25, 0.3) is 0 Å². The van der Waals surface area contributed by atoms with Crippen LogP contribution in [-0.2, 0) is 14.3 Å². The van der Waals surface area contributed by atoms with E-state index < -0.39 is 24.1 Å². The van der Waals surface area contributed by atoms with E-state index in [2.05, 4.69) is 18.8 Å². The molecule has 2 aliphatic rings. The minimum absolute atomic E-state index is 0.229. The standard InChI is InChI=1S/C17H22N2O4/c1-4-12(5-2)7-6-11(3)14-10-19(17(22)23-14)13-8-9-15(20)18-16(13)21/h4,6-7,13-14H,3,5,8-10H2,1-2H3,(H,18,20,21)/b7-6-,12-4-/t13?,14-/m0/s1. The fourth-order valence-electron chi connectivity index (χ4n) is 2.65. The number of imide groups is 1. The van der Waals surface area contributed by atoms with Crippen molar-refractivity contribution in [1.29, 1.82) is 0 Å². The lowest BCUT2D eigenvalue weighted by Gasteiger charge is -2.27. The van der Waals surface area contributed by atoms with Gasteiger partial charge in [-0.25, -0.2) is 4.79 Å². The topological polar surface area (TPSA) is 75.7 Å². The van der Waals surface area contributed by atoms with E-state index in [-0.39, 0.29) is 18.9 Å². The lowest BCUT2D eigenvalue weighted by atomic mass is 10.0. The van der Waals surface area contributed by atoms with Crippen LogP contribution in [0.5, 0.6) is 0 Å². The van der Waals surface area contributed by atoms with E-state index in [4.69, 9.17) is 4.74 Å². The smallest absolute Gasteiger partial charge is 0.411 e. The number of ether oxygens (including phenoxy) is 1. The van der Waals surface area contributed by atoms with Gasteiger partial charge in [0.05, 0.1) is 6.54 Å². The number of nitrogens with zero attached hydrogens (tertiary/aromatic N) is 1. The zero-order valence-corrected chi connectivity index (χ0v) is 13.5. The van der Waals surface area contributed by atoms with Crippen LogP contribution in [0.2, 0.25) is 0 Å². The van der Waals surface area contributed by atoms with Gasteiger partial charge < -0.3 is 4.74 Å². The third kappa shape index (κ3) is 3.88. The summed E-state index contributed by atoms with van der Waals surface area (Å²) in [5, 5.41) is 2.25. The van der Waals surface area contributed by atoms with Crippen LogP contribution in [-0.4, -0.2) is 41.5 Å². The fraction of sp³-hybridized carbons (Fsp3) is 0.471. The van der Waals surface area contributed by atoms with Crippen molar-refractivity contribution in [2.24, 2.45) is 0 Å². The molecule has 2 fully saturated rings. The molecule has 6 nitrogen and oxygen atoms in total. The molecular weight excluding hydrogens is 296 g/mol. The lowest BCUT2D eigenvalue weighted by Crippen LogP contribution is -2.52. The molecule has 1 N–H and O–H groups in total. The van der Waals surface area contributed by atoms with Gasteiger partial charge in [-0.15, -0.1) is 0 Å². The number of allylic oxidation sites excluding steroid dienone is 3. The van der Waals surface area contributed by atoms with Gasteiger partial charge in [0.15, 0.2) is 0 Å². The van der Waals surface area contributed by atoms with Gasteiger partial charge in [-0.3, -0.25) is 19.8 Å². The van der Waals surface area contributed by atoms with Gasteiger partial charge in [-0.1, -0.05) is 37.3 Å². The number of nitrogens with one attached hydrogen (secondary N) is 1. The van der Waals surface area contributed by atoms with E-state index in [1.165, 1.54) is 4.90 Å². The SMILES string of the molecule is C=C(/C=C\C(=C/C)CC)[C@@H]1CN(C2CCC(=O)NC2=O)C(=O)O1. The molecule has 2 saturated heterocycles. The molecule has 2 atom stereocenters. The van der Waals surface area contributed by atoms with Crippen molar-refractivity contribution in [3.05, 3.63) is 36.0 Å². The Morgan fingerprint density at radius 3 is 2.74 bits per heavy atom. The number of rotatable bonds is 5. The van der Waals surface area contributed by atoms with Crippen LogP contribution in [0.4, 0.5) is 4.79 Å². The minimum Gasteiger partial charge on any atom is -0.439 e. The van der Waals surface area contributed by atoms with Crippen LogP contribution >= 0.6 is 0 Å². The van der Waals surface area contributed by atoms with Crippen LogP contribution in [0.25, 0.3) is 0 Å². The average molecular weight is 318 g/mol. The predicted octanol–water partition coefficient (Wildman–Crippen LogP) is 2.08. The van der Waals surface area contributed by atoms with Crippen LogP contribution in [0, 0.1) is 0 Å². The summed E-state index contributed by atoms with van der Waals surface area (Å²) in [7, 11) is 0. The first kappa shape index (κ1) is 17.0. The highest BCUT2D eigenvalue weighted by Crippen LogP contribution is 2.24. The van der Waals surface area contributed by atoms with Crippen LogP contribution in [0.3, 0.4) is 0 Å². The predicted molar refractivity (Wildman–Crippen MR) is 85.5 cm³/mol. The van der Waals surface area contributed by atoms with E-state index in [0.717, 1.165) is 12.0 Å². The Balaban J connectivity index is 2.01. The van der Waals surface area contributed by atoms with E-state index in [1.54, 1.807) is 0 Å². The van der Waals surface area contributed by atoms with Crippen LogP contribution in [0.1, 0.15) is 33.1 Å². The normalized spacial score (nSPS) is 25.7. The lowest BCUT2D eigenvalue weighted by molar-refractivity contribution is -0.136. The molecule has 0 spiro atoms. The number of amides is 3.